The van der Waals surface area contributed by atoms with Gasteiger partial charge in [-0.05, 0) is 42.5 Å². The number of nitrogens with zero attached hydrogens (tertiary/aromatic N) is 2. The Bertz CT molecular complexity index is 1030. The second-order valence-corrected chi connectivity index (χ2v) is 9.72. The Morgan fingerprint density at radius 1 is 0.867 bits per heavy atom. The van der Waals surface area contributed by atoms with Gasteiger partial charge in [0.15, 0.2) is 6.61 Å². The first-order valence-electron chi connectivity index (χ1n) is 8.83. The zero-order valence-electron chi connectivity index (χ0n) is 15.6. The van der Waals surface area contributed by atoms with Gasteiger partial charge >= 0.3 is 5.97 Å². The van der Waals surface area contributed by atoms with Gasteiger partial charge in [0.25, 0.3) is 5.91 Å². The lowest BCUT2D eigenvalue weighted by molar-refractivity contribution is -0.135. The van der Waals surface area contributed by atoms with Crippen molar-refractivity contribution in [3.05, 3.63) is 63.1 Å². The van der Waals surface area contributed by atoms with Crippen LogP contribution in [0.1, 0.15) is 10.4 Å². The average Bonchev–Trinajstić information content (AvgIpc) is 2.71. The number of sulfonamides is 1. The minimum atomic E-state index is -3.67. The van der Waals surface area contributed by atoms with Crippen molar-refractivity contribution >= 4 is 56.7 Å². The molecular weight excluding hydrogens is 475 g/mol. The van der Waals surface area contributed by atoms with Crippen molar-refractivity contribution < 1.29 is 22.7 Å². The number of hydrogen-bond acceptors (Lipinski definition) is 5. The van der Waals surface area contributed by atoms with E-state index in [0.717, 1.165) is 0 Å². The molecule has 1 heterocycles. The van der Waals surface area contributed by atoms with Crippen LogP contribution in [0.4, 0.5) is 0 Å². The molecular formula is C19H17Cl3N2O5S. The molecule has 30 heavy (non-hydrogen) atoms. The Hall–Kier alpha value is -1.84. The highest BCUT2D eigenvalue weighted by atomic mass is 35.5. The zero-order chi connectivity index (χ0) is 21.9. The van der Waals surface area contributed by atoms with Crippen molar-refractivity contribution in [2.45, 2.75) is 4.90 Å². The van der Waals surface area contributed by atoms with Crippen LogP contribution in [0, 0.1) is 0 Å². The second kappa shape index (κ2) is 9.53. The number of benzene rings is 2. The molecule has 0 aromatic heterocycles. The van der Waals surface area contributed by atoms with E-state index in [2.05, 4.69) is 0 Å². The number of piperazine rings is 1. The van der Waals surface area contributed by atoms with Crippen LogP contribution in [0.25, 0.3) is 0 Å². The molecule has 160 valence electrons. The number of ether oxygens (including phenoxy) is 1. The van der Waals surface area contributed by atoms with Crippen LogP contribution in [0.15, 0.2) is 47.4 Å². The average molecular weight is 492 g/mol. The van der Waals surface area contributed by atoms with Gasteiger partial charge in [0.1, 0.15) is 0 Å². The van der Waals surface area contributed by atoms with Crippen LogP contribution in [0.3, 0.4) is 0 Å². The fraction of sp³-hybridized carbons (Fsp3) is 0.263. The van der Waals surface area contributed by atoms with E-state index in [9.17, 15) is 18.0 Å². The van der Waals surface area contributed by atoms with E-state index >= 15 is 0 Å². The molecule has 1 saturated heterocycles. The van der Waals surface area contributed by atoms with E-state index in [1.165, 1.54) is 51.7 Å². The lowest BCUT2D eigenvalue weighted by Crippen LogP contribution is -2.51. The topological polar surface area (TPSA) is 84.0 Å². The van der Waals surface area contributed by atoms with Gasteiger partial charge in [0.2, 0.25) is 10.0 Å². The van der Waals surface area contributed by atoms with Gasteiger partial charge in [-0.1, -0.05) is 34.8 Å². The standard InChI is InChI=1S/C19H17Cl3N2O5S/c20-14-1-3-17(4-2-14)30(27,28)24-7-5-23(6-8-24)18(25)12-29-19(26)13-9-15(21)11-16(22)10-13/h1-4,9-11H,5-8,12H2. The first-order chi connectivity index (χ1) is 14.2. The first-order valence-corrected chi connectivity index (χ1v) is 11.4. The molecule has 11 heteroatoms. The first kappa shape index (κ1) is 22.8. The fourth-order valence-corrected chi connectivity index (χ4v) is 4.98. The lowest BCUT2D eigenvalue weighted by atomic mass is 10.2. The molecule has 1 aliphatic rings. The summed E-state index contributed by atoms with van der Waals surface area (Å²) in [5, 5.41) is 0.997. The maximum absolute atomic E-state index is 12.7. The molecule has 0 unspecified atom stereocenters. The number of halogens is 3. The summed E-state index contributed by atoms with van der Waals surface area (Å²) < 4.78 is 31.7. The van der Waals surface area contributed by atoms with Crippen LogP contribution in [-0.4, -0.2) is 62.3 Å². The molecule has 3 rings (SSSR count). The van der Waals surface area contributed by atoms with Crippen molar-refractivity contribution in [1.29, 1.82) is 0 Å². The Balaban J connectivity index is 1.54. The maximum Gasteiger partial charge on any atom is 0.338 e. The molecule has 2 aromatic rings. The normalized spacial score (nSPS) is 15.1. The van der Waals surface area contributed by atoms with Gasteiger partial charge in [-0.15, -0.1) is 0 Å². The van der Waals surface area contributed by atoms with Gasteiger partial charge in [-0.25, -0.2) is 13.2 Å². The molecule has 1 aliphatic heterocycles. The van der Waals surface area contributed by atoms with Crippen molar-refractivity contribution in [2.75, 3.05) is 32.8 Å². The Morgan fingerprint density at radius 2 is 1.43 bits per heavy atom. The summed E-state index contributed by atoms with van der Waals surface area (Å²) in [6, 6.07) is 10.2. The number of carbonyl (C=O) groups excluding carboxylic acids is 2. The monoisotopic (exact) mass is 490 g/mol. The van der Waals surface area contributed by atoms with E-state index in [0.29, 0.717) is 5.02 Å². The summed E-state index contributed by atoms with van der Waals surface area (Å²) in [4.78, 5) is 26.0. The van der Waals surface area contributed by atoms with Gasteiger partial charge < -0.3 is 9.64 Å². The number of carbonyl (C=O) groups is 2. The van der Waals surface area contributed by atoms with Crippen molar-refractivity contribution in [3.8, 4) is 0 Å². The number of amides is 1. The predicted molar refractivity (Wildman–Crippen MR) is 114 cm³/mol. The van der Waals surface area contributed by atoms with Gasteiger partial charge in [0.05, 0.1) is 10.5 Å². The van der Waals surface area contributed by atoms with Crippen molar-refractivity contribution in [1.82, 2.24) is 9.21 Å². The van der Waals surface area contributed by atoms with Crippen molar-refractivity contribution in [2.24, 2.45) is 0 Å². The highest BCUT2D eigenvalue weighted by molar-refractivity contribution is 7.89. The molecule has 0 saturated carbocycles. The maximum atomic E-state index is 12.7. The van der Waals surface area contributed by atoms with Gasteiger partial charge in [-0.3, -0.25) is 4.79 Å². The van der Waals surface area contributed by atoms with Crippen LogP contribution >= 0.6 is 34.8 Å². The van der Waals surface area contributed by atoms with Gasteiger partial charge in [0, 0.05) is 41.2 Å². The second-order valence-electron chi connectivity index (χ2n) is 6.47. The van der Waals surface area contributed by atoms with Crippen molar-refractivity contribution in [3.63, 3.8) is 0 Å². The highest BCUT2D eigenvalue weighted by Crippen LogP contribution is 2.21. The largest absolute Gasteiger partial charge is 0.452 e. The van der Waals surface area contributed by atoms with E-state index in [4.69, 9.17) is 39.5 Å². The van der Waals surface area contributed by atoms with Crippen LogP contribution in [-0.2, 0) is 19.6 Å². The molecule has 1 fully saturated rings. The van der Waals surface area contributed by atoms with Crippen LogP contribution < -0.4 is 0 Å². The summed E-state index contributed by atoms with van der Waals surface area (Å²) in [7, 11) is -3.67. The molecule has 1 amide bonds. The van der Waals surface area contributed by atoms with Crippen LogP contribution in [0.5, 0.6) is 0 Å². The Morgan fingerprint density at radius 3 is 2.00 bits per heavy atom. The van der Waals surface area contributed by atoms with E-state index in [-0.39, 0.29) is 46.7 Å². The summed E-state index contributed by atoms with van der Waals surface area (Å²) >= 11 is 17.5. The minimum absolute atomic E-state index is 0.133. The molecule has 0 spiro atoms. The summed E-state index contributed by atoms with van der Waals surface area (Å²) in [5.41, 5.74) is 0.138. The molecule has 0 atom stereocenters. The van der Waals surface area contributed by atoms with E-state index < -0.39 is 28.5 Å². The molecule has 0 aliphatic carbocycles. The molecule has 0 bridgehead atoms. The van der Waals surface area contributed by atoms with E-state index in [1.54, 1.807) is 0 Å². The molecule has 0 N–H and O–H groups in total. The molecule has 0 radical (unpaired) electrons. The fourth-order valence-electron chi connectivity index (χ4n) is 2.91. The highest BCUT2D eigenvalue weighted by Gasteiger charge is 2.30. The lowest BCUT2D eigenvalue weighted by Gasteiger charge is -2.33. The van der Waals surface area contributed by atoms with Crippen LogP contribution in [0.2, 0.25) is 15.1 Å². The Kier molecular flexibility index (Phi) is 7.26. The third kappa shape index (κ3) is 5.44. The van der Waals surface area contributed by atoms with E-state index in [1.807, 2.05) is 0 Å². The smallest absolute Gasteiger partial charge is 0.338 e. The molecule has 7 nitrogen and oxygen atoms in total. The number of esters is 1. The summed E-state index contributed by atoms with van der Waals surface area (Å²) in [6.07, 6.45) is 0. The third-order valence-electron chi connectivity index (χ3n) is 4.47. The summed E-state index contributed by atoms with van der Waals surface area (Å²) in [6.45, 7) is 0.175. The number of rotatable bonds is 5. The Labute approximate surface area is 189 Å². The van der Waals surface area contributed by atoms with Gasteiger partial charge in [-0.2, -0.15) is 4.31 Å². The third-order valence-corrected chi connectivity index (χ3v) is 7.07. The zero-order valence-corrected chi connectivity index (χ0v) is 18.6. The SMILES string of the molecule is O=C(OCC(=O)N1CCN(S(=O)(=O)c2ccc(Cl)cc2)CC1)c1cc(Cl)cc(Cl)c1. The quantitative estimate of drug-likeness (QED) is 0.599. The predicted octanol–water partition coefficient (Wildman–Crippen LogP) is 3.34. The minimum Gasteiger partial charge on any atom is -0.452 e. The molecule has 2 aromatic carbocycles. The summed E-state index contributed by atoms with van der Waals surface area (Å²) in [5.74, 6) is -1.14. The number of hydrogen-bond donors (Lipinski definition) is 0.